The van der Waals surface area contributed by atoms with Crippen molar-refractivity contribution in [1.29, 1.82) is 0 Å². The Balaban J connectivity index is 2.19. The number of H-pyrrole nitrogens is 1. The van der Waals surface area contributed by atoms with Crippen molar-refractivity contribution in [2.24, 2.45) is 14.1 Å². The molecule has 106 valence electrons. The molecule has 0 aliphatic carbocycles. The van der Waals surface area contributed by atoms with Gasteiger partial charge in [0.2, 0.25) is 5.95 Å². The van der Waals surface area contributed by atoms with Crippen LogP contribution in [0.15, 0.2) is 21.5 Å². The molecule has 0 atom stereocenters. The van der Waals surface area contributed by atoms with Crippen LogP contribution >= 0.6 is 0 Å². The van der Waals surface area contributed by atoms with Gasteiger partial charge in [-0.05, 0) is 12.5 Å². The molecule has 0 unspecified atom stereocenters. The average molecular weight is 279 g/mol. The normalized spacial score (nSPS) is 15.8. The summed E-state index contributed by atoms with van der Waals surface area (Å²) in [6.45, 7) is 0.732. The predicted octanol–water partition coefficient (Wildman–Crippen LogP) is 0.0238. The number of aryl methyl sites for hydroxylation is 1. The molecule has 2 aromatic heterocycles. The standard InChI is InChI=1S/C12H14FN5O2/c1-16-9-8(10(19)17(2)12(16)20)14-11(15-9)18-5-3-4-7(13)6-18/h4H,3,5-6H2,1-2H3,(H,14,15). The lowest BCUT2D eigenvalue weighted by Crippen LogP contribution is -2.36. The number of aromatic nitrogens is 4. The Hall–Kier alpha value is -2.38. The van der Waals surface area contributed by atoms with Gasteiger partial charge in [-0.1, -0.05) is 0 Å². The van der Waals surface area contributed by atoms with Crippen molar-refractivity contribution in [3.05, 3.63) is 32.7 Å². The van der Waals surface area contributed by atoms with Gasteiger partial charge in [-0.2, -0.15) is 4.98 Å². The topological polar surface area (TPSA) is 75.9 Å². The van der Waals surface area contributed by atoms with Crippen LogP contribution in [-0.4, -0.2) is 32.2 Å². The highest BCUT2D eigenvalue weighted by Gasteiger charge is 2.19. The van der Waals surface area contributed by atoms with Gasteiger partial charge in [0.25, 0.3) is 5.56 Å². The number of aromatic amines is 1. The summed E-state index contributed by atoms with van der Waals surface area (Å²) in [4.78, 5) is 32.7. The summed E-state index contributed by atoms with van der Waals surface area (Å²) in [5.74, 6) is 0.181. The molecule has 0 fully saturated rings. The predicted molar refractivity (Wildman–Crippen MR) is 72.6 cm³/mol. The molecule has 1 aliphatic rings. The van der Waals surface area contributed by atoms with E-state index in [0.717, 1.165) is 4.57 Å². The fraction of sp³-hybridized carbons (Fsp3) is 0.417. The van der Waals surface area contributed by atoms with Gasteiger partial charge < -0.3 is 9.88 Å². The number of halogens is 1. The first-order chi connectivity index (χ1) is 9.49. The summed E-state index contributed by atoms with van der Waals surface area (Å²) in [5, 5.41) is 0. The first-order valence-corrected chi connectivity index (χ1v) is 6.24. The second-order valence-electron chi connectivity index (χ2n) is 4.83. The Bertz CT molecular complexity index is 829. The maximum atomic E-state index is 13.3. The van der Waals surface area contributed by atoms with Crippen LogP contribution in [0.5, 0.6) is 0 Å². The van der Waals surface area contributed by atoms with E-state index >= 15 is 0 Å². The number of fused-ring (bicyclic) bond motifs is 1. The van der Waals surface area contributed by atoms with Crippen molar-refractivity contribution in [3.63, 3.8) is 0 Å². The summed E-state index contributed by atoms with van der Waals surface area (Å²) in [6.07, 6.45) is 2.12. The maximum Gasteiger partial charge on any atom is 0.332 e. The van der Waals surface area contributed by atoms with Gasteiger partial charge in [0.15, 0.2) is 11.2 Å². The summed E-state index contributed by atoms with van der Waals surface area (Å²) in [7, 11) is 2.96. The largest absolute Gasteiger partial charge is 0.335 e. The molecular formula is C12H14FN5O2. The second kappa shape index (κ2) is 4.32. The molecule has 1 N–H and O–H groups in total. The van der Waals surface area contributed by atoms with Crippen molar-refractivity contribution >= 4 is 17.1 Å². The lowest BCUT2D eigenvalue weighted by atomic mass is 10.2. The summed E-state index contributed by atoms with van der Waals surface area (Å²) >= 11 is 0. The lowest BCUT2D eigenvalue weighted by Gasteiger charge is -2.23. The number of rotatable bonds is 1. The zero-order valence-electron chi connectivity index (χ0n) is 11.2. The van der Waals surface area contributed by atoms with E-state index in [1.807, 2.05) is 0 Å². The smallest absolute Gasteiger partial charge is 0.332 e. The zero-order chi connectivity index (χ0) is 14.4. The molecule has 0 amide bonds. The van der Waals surface area contributed by atoms with Gasteiger partial charge in [0, 0.05) is 20.6 Å². The van der Waals surface area contributed by atoms with Crippen molar-refractivity contribution in [1.82, 2.24) is 19.1 Å². The first kappa shape index (κ1) is 12.6. The van der Waals surface area contributed by atoms with E-state index in [-0.39, 0.29) is 23.5 Å². The van der Waals surface area contributed by atoms with Gasteiger partial charge in [-0.3, -0.25) is 13.9 Å². The van der Waals surface area contributed by atoms with E-state index in [9.17, 15) is 14.0 Å². The SMILES string of the molecule is Cn1c(=O)c2[nH]c(N3CCC=C(F)C3)nc2n(C)c1=O. The number of imidazole rings is 1. The van der Waals surface area contributed by atoms with Gasteiger partial charge in [-0.15, -0.1) is 0 Å². The van der Waals surface area contributed by atoms with Crippen molar-refractivity contribution < 1.29 is 4.39 Å². The van der Waals surface area contributed by atoms with E-state index in [1.165, 1.54) is 17.7 Å². The Morgan fingerprint density at radius 1 is 1.30 bits per heavy atom. The molecule has 1 aliphatic heterocycles. The highest BCUT2D eigenvalue weighted by Crippen LogP contribution is 2.18. The van der Waals surface area contributed by atoms with E-state index < -0.39 is 11.2 Å². The fourth-order valence-corrected chi connectivity index (χ4v) is 2.35. The molecule has 0 saturated heterocycles. The van der Waals surface area contributed by atoms with Crippen molar-refractivity contribution in [2.75, 3.05) is 18.0 Å². The third-order valence-corrected chi connectivity index (χ3v) is 3.49. The van der Waals surface area contributed by atoms with Crippen LogP contribution in [0.4, 0.5) is 10.3 Å². The monoisotopic (exact) mass is 279 g/mol. The van der Waals surface area contributed by atoms with Gasteiger partial charge >= 0.3 is 5.69 Å². The van der Waals surface area contributed by atoms with Crippen LogP contribution < -0.4 is 16.1 Å². The minimum Gasteiger partial charge on any atom is -0.335 e. The summed E-state index contributed by atoms with van der Waals surface area (Å²) < 4.78 is 15.6. The highest BCUT2D eigenvalue weighted by molar-refractivity contribution is 5.73. The summed E-state index contributed by atoms with van der Waals surface area (Å²) in [5.41, 5.74) is -0.345. The van der Waals surface area contributed by atoms with Crippen LogP contribution in [0.2, 0.25) is 0 Å². The van der Waals surface area contributed by atoms with E-state index in [4.69, 9.17) is 0 Å². The minimum absolute atomic E-state index is 0.119. The lowest BCUT2D eigenvalue weighted by molar-refractivity contribution is 0.571. The quantitative estimate of drug-likeness (QED) is 0.798. The van der Waals surface area contributed by atoms with Crippen molar-refractivity contribution in [2.45, 2.75) is 6.42 Å². The molecule has 20 heavy (non-hydrogen) atoms. The molecule has 0 aromatic carbocycles. The maximum absolute atomic E-state index is 13.3. The minimum atomic E-state index is -0.440. The molecular weight excluding hydrogens is 265 g/mol. The number of hydrogen-bond donors (Lipinski definition) is 1. The molecule has 0 radical (unpaired) electrons. The van der Waals surface area contributed by atoms with Crippen LogP contribution in [0.1, 0.15) is 6.42 Å². The Morgan fingerprint density at radius 3 is 2.75 bits per heavy atom. The molecule has 0 spiro atoms. The third-order valence-electron chi connectivity index (χ3n) is 3.49. The van der Waals surface area contributed by atoms with Crippen molar-refractivity contribution in [3.8, 4) is 0 Å². The third kappa shape index (κ3) is 1.75. The van der Waals surface area contributed by atoms with Gasteiger partial charge in [-0.25, -0.2) is 9.18 Å². The molecule has 0 bridgehead atoms. The Kier molecular flexibility index (Phi) is 2.73. The first-order valence-electron chi connectivity index (χ1n) is 6.24. The Labute approximate surface area is 113 Å². The van der Waals surface area contributed by atoms with E-state index in [0.29, 0.717) is 18.9 Å². The van der Waals surface area contributed by atoms with E-state index in [2.05, 4.69) is 9.97 Å². The number of nitrogens with one attached hydrogen (secondary N) is 1. The molecule has 7 nitrogen and oxygen atoms in total. The average Bonchev–Trinajstić information content (AvgIpc) is 2.88. The van der Waals surface area contributed by atoms with Crippen LogP contribution in [0.3, 0.4) is 0 Å². The molecule has 0 saturated carbocycles. The number of nitrogens with zero attached hydrogens (tertiary/aromatic N) is 4. The van der Waals surface area contributed by atoms with E-state index in [1.54, 1.807) is 11.9 Å². The summed E-state index contributed by atoms with van der Waals surface area (Å²) in [6, 6.07) is 0. The highest BCUT2D eigenvalue weighted by atomic mass is 19.1. The van der Waals surface area contributed by atoms with Gasteiger partial charge in [0.1, 0.15) is 5.83 Å². The number of hydrogen-bond acceptors (Lipinski definition) is 4. The fourth-order valence-electron chi connectivity index (χ4n) is 2.35. The van der Waals surface area contributed by atoms with Crippen LogP contribution in [0, 0.1) is 0 Å². The zero-order valence-corrected chi connectivity index (χ0v) is 11.2. The van der Waals surface area contributed by atoms with Gasteiger partial charge in [0.05, 0.1) is 6.54 Å². The van der Waals surface area contributed by atoms with Crippen LogP contribution in [0.25, 0.3) is 11.2 Å². The second-order valence-corrected chi connectivity index (χ2v) is 4.83. The molecule has 3 heterocycles. The molecule has 2 aromatic rings. The van der Waals surface area contributed by atoms with Crippen LogP contribution in [-0.2, 0) is 14.1 Å². The molecule has 3 rings (SSSR count). The number of anilines is 1. The Morgan fingerprint density at radius 2 is 2.05 bits per heavy atom. The molecule has 8 heteroatoms.